The molecule has 1 aliphatic heterocycles. The van der Waals surface area contributed by atoms with Crippen LogP contribution in [0.25, 0.3) is 10.9 Å². The number of rotatable bonds is 3. The third-order valence-electron chi connectivity index (χ3n) is 4.04. The number of para-hydroxylation sites is 1. The van der Waals surface area contributed by atoms with Crippen molar-refractivity contribution in [1.29, 1.82) is 0 Å². The molecule has 0 aliphatic carbocycles. The molecule has 0 unspecified atom stereocenters. The third-order valence-corrected chi connectivity index (χ3v) is 4.04. The number of nitrogens with zero attached hydrogens (tertiary/aromatic N) is 1. The van der Waals surface area contributed by atoms with Crippen molar-refractivity contribution in [2.45, 2.75) is 31.8 Å². The summed E-state index contributed by atoms with van der Waals surface area (Å²) in [5, 5.41) is 4.94. The lowest BCUT2D eigenvalue weighted by Gasteiger charge is -2.34. The average Bonchev–Trinajstić information content (AvgIpc) is 2.46. The fraction of sp³-hybridized carbons (Fsp3) is 0.438. The molecule has 1 aromatic heterocycles. The van der Waals surface area contributed by atoms with E-state index in [1.54, 1.807) is 0 Å². The lowest BCUT2D eigenvalue weighted by atomic mass is 9.92. The smallest absolute Gasteiger partial charge is 0.0705 e. The van der Waals surface area contributed by atoms with Crippen LogP contribution in [0.1, 0.15) is 25.3 Å². The topological polar surface area (TPSA) is 34.2 Å². The minimum absolute atomic E-state index is 0.197. The van der Waals surface area contributed by atoms with E-state index in [0.29, 0.717) is 0 Å². The number of hydrogen-bond acceptors (Lipinski definition) is 3. The summed E-state index contributed by atoms with van der Waals surface area (Å²) >= 11 is 0. The summed E-state index contributed by atoms with van der Waals surface area (Å²) < 4.78 is 5.44. The first-order chi connectivity index (χ1) is 9.27. The number of nitrogens with one attached hydrogen (secondary N) is 1. The zero-order chi connectivity index (χ0) is 13.1. The highest BCUT2D eigenvalue weighted by Crippen LogP contribution is 2.22. The largest absolute Gasteiger partial charge is 0.381 e. The minimum Gasteiger partial charge on any atom is -0.381 e. The molecule has 0 bridgehead atoms. The number of ether oxygens (including phenoxy) is 1. The van der Waals surface area contributed by atoms with Crippen LogP contribution in [0.2, 0.25) is 0 Å². The van der Waals surface area contributed by atoms with Crippen molar-refractivity contribution in [3.63, 3.8) is 0 Å². The van der Waals surface area contributed by atoms with E-state index >= 15 is 0 Å². The number of fused-ring (bicyclic) bond motifs is 1. The van der Waals surface area contributed by atoms with Gasteiger partial charge in [-0.2, -0.15) is 0 Å². The molecule has 0 saturated carbocycles. The molecule has 1 fully saturated rings. The highest BCUT2D eigenvalue weighted by molar-refractivity contribution is 5.81. The van der Waals surface area contributed by atoms with Gasteiger partial charge in [0.05, 0.1) is 5.52 Å². The number of benzene rings is 1. The van der Waals surface area contributed by atoms with Crippen LogP contribution in [-0.2, 0) is 11.3 Å². The first-order valence-corrected chi connectivity index (χ1v) is 6.92. The van der Waals surface area contributed by atoms with Gasteiger partial charge in [0.2, 0.25) is 0 Å². The zero-order valence-electron chi connectivity index (χ0n) is 11.4. The molecule has 0 atom stereocenters. The molecular formula is C16H20N2O. The SMILES string of the molecule is CC1(NCc2ccnc3ccccc23)CCOCC1. The molecule has 2 heterocycles. The van der Waals surface area contributed by atoms with Gasteiger partial charge in [-0.1, -0.05) is 18.2 Å². The normalized spacial score (nSPS) is 18.6. The van der Waals surface area contributed by atoms with Gasteiger partial charge in [0, 0.05) is 36.9 Å². The summed E-state index contributed by atoms with van der Waals surface area (Å²) in [5.41, 5.74) is 2.58. The van der Waals surface area contributed by atoms with Crippen molar-refractivity contribution in [3.8, 4) is 0 Å². The van der Waals surface area contributed by atoms with Crippen LogP contribution in [0.5, 0.6) is 0 Å². The Labute approximate surface area is 114 Å². The zero-order valence-corrected chi connectivity index (χ0v) is 11.4. The highest BCUT2D eigenvalue weighted by atomic mass is 16.5. The van der Waals surface area contributed by atoms with Crippen molar-refractivity contribution in [1.82, 2.24) is 10.3 Å². The maximum Gasteiger partial charge on any atom is 0.0705 e. The standard InChI is InChI=1S/C16H20N2O/c1-16(7-10-19-11-8-16)18-12-13-6-9-17-15-5-3-2-4-14(13)15/h2-6,9,18H,7-8,10-12H2,1H3. The monoisotopic (exact) mass is 256 g/mol. The van der Waals surface area contributed by atoms with Crippen molar-refractivity contribution >= 4 is 10.9 Å². The molecule has 0 radical (unpaired) electrons. The Hall–Kier alpha value is -1.45. The molecule has 1 saturated heterocycles. The fourth-order valence-electron chi connectivity index (χ4n) is 2.62. The van der Waals surface area contributed by atoms with E-state index in [1.165, 1.54) is 10.9 Å². The van der Waals surface area contributed by atoms with Gasteiger partial charge in [0.15, 0.2) is 0 Å². The van der Waals surface area contributed by atoms with E-state index < -0.39 is 0 Å². The van der Waals surface area contributed by atoms with E-state index in [2.05, 4.69) is 41.5 Å². The van der Waals surface area contributed by atoms with Crippen LogP contribution >= 0.6 is 0 Å². The molecule has 2 aromatic rings. The van der Waals surface area contributed by atoms with Crippen molar-refractivity contribution in [2.75, 3.05) is 13.2 Å². The van der Waals surface area contributed by atoms with Gasteiger partial charge in [0.25, 0.3) is 0 Å². The van der Waals surface area contributed by atoms with Gasteiger partial charge in [-0.05, 0) is 37.5 Å². The Morgan fingerprint density at radius 3 is 2.84 bits per heavy atom. The lowest BCUT2D eigenvalue weighted by molar-refractivity contribution is 0.0446. The number of hydrogen-bond donors (Lipinski definition) is 1. The van der Waals surface area contributed by atoms with Gasteiger partial charge < -0.3 is 10.1 Å². The Kier molecular flexibility index (Phi) is 3.49. The van der Waals surface area contributed by atoms with Crippen LogP contribution < -0.4 is 5.32 Å². The highest BCUT2D eigenvalue weighted by Gasteiger charge is 2.26. The van der Waals surface area contributed by atoms with Gasteiger partial charge >= 0.3 is 0 Å². The summed E-state index contributed by atoms with van der Waals surface area (Å²) in [6.07, 6.45) is 4.05. The van der Waals surface area contributed by atoms with Crippen molar-refractivity contribution < 1.29 is 4.74 Å². The Balaban J connectivity index is 1.78. The molecule has 1 aromatic carbocycles. The van der Waals surface area contributed by atoms with Crippen LogP contribution in [0.3, 0.4) is 0 Å². The van der Waals surface area contributed by atoms with E-state index in [4.69, 9.17) is 4.74 Å². The number of aromatic nitrogens is 1. The molecule has 3 nitrogen and oxygen atoms in total. The predicted octanol–water partition coefficient (Wildman–Crippen LogP) is 2.89. The maximum atomic E-state index is 5.44. The molecule has 3 rings (SSSR count). The first-order valence-electron chi connectivity index (χ1n) is 6.92. The van der Waals surface area contributed by atoms with Crippen LogP contribution in [-0.4, -0.2) is 23.7 Å². The average molecular weight is 256 g/mol. The second kappa shape index (κ2) is 5.27. The Morgan fingerprint density at radius 1 is 1.21 bits per heavy atom. The maximum absolute atomic E-state index is 5.44. The summed E-state index contributed by atoms with van der Waals surface area (Å²) in [5.74, 6) is 0. The summed E-state index contributed by atoms with van der Waals surface area (Å²) in [6, 6.07) is 10.4. The molecule has 3 heteroatoms. The van der Waals surface area contributed by atoms with Crippen molar-refractivity contribution in [3.05, 3.63) is 42.1 Å². The second-order valence-electron chi connectivity index (χ2n) is 5.51. The third kappa shape index (κ3) is 2.77. The van der Waals surface area contributed by atoms with Gasteiger partial charge in [-0.15, -0.1) is 0 Å². The van der Waals surface area contributed by atoms with E-state index in [1.807, 2.05) is 12.3 Å². The summed E-state index contributed by atoms with van der Waals surface area (Å²) in [4.78, 5) is 4.41. The van der Waals surface area contributed by atoms with E-state index in [-0.39, 0.29) is 5.54 Å². The quantitative estimate of drug-likeness (QED) is 0.917. The van der Waals surface area contributed by atoms with E-state index in [0.717, 1.165) is 38.1 Å². The van der Waals surface area contributed by atoms with Crippen LogP contribution in [0.4, 0.5) is 0 Å². The minimum atomic E-state index is 0.197. The van der Waals surface area contributed by atoms with Gasteiger partial charge in [-0.25, -0.2) is 0 Å². The van der Waals surface area contributed by atoms with Gasteiger partial charge in [-0.3, -0.25) is 4.98 Å². The fourth-order valence-corrected chi connectivity index (χ4v) is 2.62. The van der Waals surface area contributed by atoms with Gasteiger partial charge in [0.1, 0.15) is 0 Å². The first kappa shape index (κ1) is 12.6. The molecule has 1 N–H and O–H groups in total. The van der Waals surface area contributed by atoms with Crippen LogP contribution in [0, 0.1) is 0 Å². The lowest BCUT2D eigenvalue weighted by Crippen LogP contribution is -2.46. The Morgan fingerprint density at radius 2 is 2.00 bits per heavy atom. The molecule has 0 spiro atoms. The summed E-state index contributed by atoms with van der Waals surface area (Å²) in [6.45, 7) is 4.90. The molecule has 100 valence electrons. The van der Waals surface area contributed by atoms with Crippen LogP contribution in [0.15, 0.2) is 36.5 Å². The summed E-state index contributed by atoms with van der Waals surface area (Å²) in [7, 11) is 0. The van der Waals surface area contributed by atoms with E-state index in [9.17, 15) is 0 Å². The Bertz CT molecular complexity index is 556. The van der Waals surface area contributed by atoms with Crippen molar-refractivity contribution in [2.24, 2.45) is 0 Å². The molecule has 19 heavy (non-hydrogen) atoms. The second-order valence-corrected chi connectivity index (χ2v) is 5.51. The molecule has 1 aliphatic rings. The molecule has 0 amide bonds. The number of pyridine rings is 1. The predicted molar refractivity (Wildman–Crippen MR) is 77.0 cm³/mol. The molecular weight excluding hydrogens is 236 g/mol.